The topological polar surface area (TPSA) is 59.0 Å². The van der Waals surface area contributed by atoms with E-state index in [0.717, 1.165) is 43.7 Å². The molecule has 1 aromatic carbocycles. The second-order valence-electron chi connectivity index (χ2n) is 6.79. The Balaban J connectivity index is 1.47. The van der Waals surface area contributed by atoms with E-state index in [9.17, 15) is 4.79 Å². The van der Waals surface area contributed by atoms with Crippen molar-refractivity contribution in [2.75, 3.05) is 13.1 Å². The molecular weight excluding hydrogens is 300 g/mol. The van der Waals surface area contributed by atoms with Crippen LogP contribution in [-0.2, 0) is 13.1 Å². The monoisotopic (exact) mass is 324 g/mol. The van der Waals surface area contributed by atoms with E-state index in [2.05, 4.69) is 46.9 Å². The van der Waals surface area contributed by atoms with Gasteiger partial charge in [0.25, 0.3) is 5.91 Å². The van der Waals surface area contributed by atoms with Crippen LogP contribution in [0.1, 0.15) is 58.8 Å². The van der Waals surface area contributed by atoms with Crippen LogP contribution < -0.4 is 10.6 Å². The molecule has 4 rings (SSSR count). The molecule has 1 atom stereocenters. The van der Waals surface area contributed by atoms with Crippen LogP contribution in [0, 0.1) is 0 Å². The van der Waals surface area contributed by atoms with Crippen LogP contribution in [0.5, 0.6) is 0 Å². The summed E-state index contributed by atoms with van der Waals surface area (Å²) < 4.78 is 1.88. The fraction of sp³-hybridized carbons (Fsp3) is 0.474. The van der Waals surface area contributed by atoms with Gasteiger partial charge in [0, 0.05) is 44.2 Å². The Hall–Kier alpha value is -2.14. The summed E-state index contributed by atoms with van der Waals surface area (Å²) in [5.41, 5.74) is 4.43. The number of hydrogen-bond acceptors (Lipinski definition) is 3. The Morgan fingerprint density at radius 1 is 1.38 bits per heavy atom. The summed E-state index contributed by atoms with van der Waals surface area (Å²) in [5, 5.41) is 11.2. The van der Waals surface area contributed by atoms with E-state index < -0.39 is 0 Å². The van der Waals surface area contributed by atoms with E-state index in [1.807, 2.05) is 10.9 Å². The standard InChI is InChI=1S/C19H24N4O/c1-2-23-12-17(18(22-23)13-7-8-13)19(24)21-11-15-10-20-9-14-5-3-4-6-16(14)15/h3-6,12-13,15,20H,2,7-11H2,1H3,(H,21,24). The number of benzene rings is 1. The van der Waals surface area contributed by atoms with E-state index in [1.165, 1.54) is 11.1 Å². The number of hydrogen-bond donors (Lipinski definition) is 2. The second kappa shape index (κ2) is 6.40. The van der Waals surface area contributed by atoms with Gasteiger partial charge in [0.15, 0.2) is 0 Å². The summed E-state index contributed by atoms with van der Waals surface area (Å²) in [7, 11) is 0. The van der Waals surface area contributed by atoms with Crippen LogP contribution in [0.4, 0.5) is 0 Å². The third-order valence-electron chi connectivity index (χ3n) is 5.03. The van der Waals surface area contributed by atoms with Crippen molar-refractivity contribution in [3.63, 3.8) is 0 Å². The quantitative estimate of drug-likeness (QED) is 0.888. The first-order valence-electron chi connectivity index (χ1n) is 8.90. The summed E-state index contributed by atoms with van der Waals surface area (Å²) in [5.74, 6) is 0.819. The molecule has 0 bridgehead atoms. The van der Waals surface area contributed by atoms with Crippen molar-refractivity contribution in [1.29, 1.82) is 0 Å². The van der Waals surface area contributed by atoms with Crippen LogP contribution in [-0.4, -0.2) is 28.8 Å². The van der Waals surface area contributed by atoms with Gasteiger partial charge in [0.05, 0.1) is 11.3 Å². The Kier molecular flexibility index (Phi) is 4.10. The molecule has 24 heavy (non-hydrogen) atoms. The number of fused-ring (bicyclic) bond motifs is 1. The minimum atomic E-state index is 0.0136. The van der Waals surface area contributed by atoms with E-state index in [-0.39, 0.29) is 5.91 Å². The van der Waals surface area contributed by atoms with Gasteiger partial charge in [0.2, 0.25) is 0 Å². The van der Waals surface area contributed by atoms with Crippen LogP contribution in [0.25, 0.3) is 0 Å². The van der Waals surface area contributed by atoms with Crippen molar-refractivity contribution in [2.45, 2.75) is 44.7 Å². The molecule has 1 aromatic heterocycles. The first-order valence-corrected chi connectivity index (χ1v) is 8.90. The Morgan fingerprint density at radius 2 is 2.21 bits per heavy atom. The van der Waals surface area contributed by atoms with Gasteiger partial charge in [-0.1, -0.05) is 24.3 Å². The average Bonchev–Trinajstić information content (AvgIpc) is 3.38. The number of carbonyl (C=O) groups excluding carboxylic acids is 1. The maximum Gasteiger partial charge on any atom is 0.254 e. The predicted octanol–water partition coefficient (Wildman–Crippen LogP) is 2.40. The number of nitrogens with one attached hydrogen (secondary N) is 2. The fourth-order valence-electron chi connectivity index (χ4n) is 3.51. The lowest BCUT2D eigenvalue weighted by atomic mass is 9.91. The molecule has 5 heteroatoms. The minimum absolute atomic E-state index is 0.0136. The Labute approximate surface area is 142 Å². The molecule has 0 spiro atoms. The molecule has 1 amide bonds. The maximum absolute atomic E-state index is 12.7. The first kappa shape index (κ1) is 15.4. The van der Waals surface area contributed by atoms with Gasteiger partial charge in [-0.2, -0.15) is 5.10 Å². The Bertz CT molecular complexity index is 748. The van der Waals surface area contributed by atoms with Gasteiger partial charge in [-0.3, -0.25) is 9.48 Å². The van der Waals surface area contributed by atoms with Gasteiger partial charge in [0.1, 0.15) is 0 Å². The molecule has 0 radical (unpaired) electrons. The van der Waals surface area contributed by atoms with E-state index in [0.29, 0.717) is 18.4 Å². The zero-order chi connectivity index (χ0) is 16.5. The summed E-state index contributed by atoms with van der Waals surface area (Å²) in [6.07, 6.45) is 4.21. The lowest BCUT2D eigenvalue weighted by Crippen LogP contribution is -2.36. The second-order valence-corrected chi connectivity index (χ2v) is 6.79. The van der Waals surface area contributed by atoms with Gasteiger partial charge in [-0.15, -0.1) is 0 Å². The summed E-state index contributed by atoms with van der Waals surface area (Å²) >= 11 is 0. The van der Waals surface area contributed by atoms with Crippen molar-refractivity contribution < 1.29 is 4.79 Å². The number of amides is 1. The van der Waals surface area contributed by atoms with Crippen LogP contribution >= 0.6 is 0 Å². The summed E-state index contributed by atoms with van der Waals surface area (Å²) in [4.78, 5) is 12.7. The fourth-order valence-corrected chi connectivity index (χ4v) is 3.51. The SMILES string of the molecule is CCn1cc(C(=O)NCC2CNCc3ccccc32)c(C2CC2)n1. The van der Waals surface area contributed by atoms with Crippen molar-refractivity contribution in [1.82, 2.24) is 20.4 Å². The van der Waals surface area contributed by atoms with Crippen molar-refractivity contribution in [2.24, 2.45) is 0 Å². The summed E-state index contributed by atoms with van der Waals surface area (Å²) in [6.45, 7) is 5.32. The molecule has 2 aliphatic rings. The van der Waals surface area contributed by atoms with Gasteiger partial charge in [-0.25, -0.2) is 0 Å². The van der Waals surface area contributed by atoms with Crippen molar-refractivity contribution in [3.8, 4) is 0 Å². The molecule has 126 valence electrons. The number of nitrogens with zero attached hydrogens (tertiary/aromatic N) is 2. The van der Waals surface area contributed by atoms with Crippen LogP contribution in [0.3, 0.4) is 0 Å². The van der Waals surface area contributed by atoms with Crippen LogP contribution in [0.2, 0.25) is 0 Å². The van der Waals surface area contributed by atoms with Crippen molar-refractivity contribution in [3.05, 3.63) is 52.8 Å². The van der Waals surface area contributed by atoms with Gasteiger partial charge >= 0.3 is 0 Å². The molecule has 1 aliphatic carbocycles. The third-order valence-corrected chi connectivity index (χ3v) is 5.03. The zero-order valence-corrected chi connectivity index (χ0v) is 14.1. The number of carbonyl (C=O) groups is 1. The highest BCUT2D eigenvalue weighted by Crippen LogP contribution is 2.40. The van der Waals surface area contributed by atoms with Gasteiger partial charge in [-0.05, 0) is 30.9 Å². The Morgan fingerprint density at radius 3 is 3.00 bits per heavy atom. The molecule has 1 fully saturated rings. The van der Waals surface area contributed by atoms with E-state index in [1.54, 1.807) is 0 Å². The lowest BCUT2D eigenvalue weighted by Gasteiger charge is -2.26. The highest BCUT2D eigenvalue weighted by molar-refractivity contribution is 5.95. The van der Waals surface area contributed by atoms with Crippen molar-refractivity contribution >= 4 is 5.91 Å². The number of rotatable bonds is 5. The molecule has 2 N–H and O–H groups in total. The van der Waals surface area contributed by atoms with Crippen LogP contribution in [0.15, 0.2) is 30.5 Å². The largest absolute Gasteiger partial charge is 0.351 e. The molecule has 1 unspecified atom stereocenters. The average molecular weight is 324 g/mol. The van der Waals surface area contributed by atoms with E-state index in [4.69, 9.17) is 0 Å². The smallest absolute Gasteiger partial charge is 0.254 e. The number of aromatic nitrogens is 2. The molecule has 2 heterocycles. The molecule has 1 aliphatic heterocycles. The molecule has 1 saturated carbocycles. The third kappa shape index (κ3) is 2.96. The number of aryl methyl sites for hydroxylation is 1. The molecular formula is C19H24N4O. The maximum atomic E-state index is 12.7. The molecule has 0 saturated heterocycles. The molecule has 5 nitrogen and oxygen atoms in total. The van der Waals surface area contributed by atoms with Gasteiger partial charge < -0.3 is 10.6 Å². The summed E-state index contributed by atoms with van der Waals surface area (Å²) in [6, 6.07) is 8.49. The first-order chi connectivity index (χ1) is 11.8. The lowest BCUT2D eigenvalue weighted by molar-refractivity contribution is 0.0949. The highest BCUT2D eigenvalue weighted by atomic mass is 16.1. The predicted molar refractivity (Wildman–Crippen MR) is 93.1 cm³/mol. The minimum Gasteiger partial charge on any atom is -0.351 e. The molecule has 2 aromatic rings. The normalized spacial score (nSPS) is 19.8. The van der Waals surface area contributed by atoms with E-state index >= 15 is 0 Å². The highest BCUT2D eigenvalue weighted by Gasteiger charge is 2.31. The zero-order valence-electron chi connectivity index (χ0n) is 14.1.